The molecule has 0 bridgehead atoms. The molecule has 0 spiro atoms. The summed E-state index contributed by atoms with van der Waals surface area (Å²) in [5, 5.41) is 0.524. The van der Waals surface area contributed by atoms with Gasteiger partial charge in [-0.05, 0) is 57.2 Å². The van der Waals surface area contributed by atoms with E-state index < -0.39 is 0 Å². The minimum Gasteiger partial charge on any atom is -0.494 e. The predicted molar refractivity (Wildman–Crippen MR) is 135 cm³/mol. The first-order valence-corrected chi connectivity index (χ1v) is 12.2. The highest BCUT2D eigenvalue weighted by atomic mass is 32.1. The number of ether oxygens (including phenoxy) is 4. The molecule has 0 aliphatic carbocycles. The van der Waals surface area contributed by atoms with E-state index in [0.717, 1.165) is 4.70 Å². The molecule has 0 fully saturated rings. The third-order valence-electron chi connectivity index (χ3n) is 5.12. The van der Waals surface area contributed by atoms with Gasteiger partial charge in [-0.2, -0.15) is 0 Å². The van der Waals surface area contributed by atoms with Crippen LogP contribution in [0.2, 0.25) is 0 Å². The van der Waals surface area contributed by atoms with Gasteiger partial charge in [0.25, 0.3) is 5.91 Å². The van der Waals surface area contributed by atoms with Crippen LogP contribution in [0.4, 0.5) is 5.13 Å². The first-order chi connectivity index (χ1) is 17.1. The number of amides is 1. The summed E-state index contributed by atoms with van der Waals surface area (Å²) in [6.45, 7) is 7.11. The molecule has 0 atom stereocenters. The number of anilines is 1. The van der Waals surface area contributed by atoms with E-state index in [1.54, 1.807) is 36.5 Å². The highest BCUT2D eigenvalue weighted by molar-refractivity contribution is 7.22. The molecule has 0 aliphatic rings. The fourth-order valence-corrected chi connectivity index (χ4v) is 4.63. The van der Waals surface area contributed by atoms with E-state index >= 15 is 0 Å². The van der Waals surface area contributed by atoms with Gasteiger partial charge in [-0.15, -0.1) is 0 Å². The van der Waals surface area contributed by atoms with Crippen molar-refractivity contribution in [2.45, 2.75) is 27.3 Å². The molecule has 0 radical (unpaired) electrons. The zero-order valence-corrected chi connectivity index (χ0v) is 21.0. The van der Waals surface area contributed by atoms with Crippen LogP contribution >= 0.6 is 11.3 Å². The molecule has 0 saturated heterocycles. The van der Waals surface area contributed by atoms with Crippen molar-refractivity contribution in [1.82, 2.24) is 4.98 Å². The molecule has 0 saturated carbocycles. The van der Waals surface area contributed by atoms with Gasteiger partial charge >= 0.3 is 0 Å². The molecule has 184 valence electrons. The molecule has 9 heteroatoms. The summed E-state index contributed by atoms with van der Waals surface area (Å²) >= 11 is 1.41. The fraction of sp³-hybridized carbons (Fsp3) is 0.308. The van der Waals surface area contributed by atoms with Crippen molar-refractivity contribution in [1.29, 1.82) is 0 Å². The number of benzene rings is 2. The zero-order valence-electron chi connectivity index (χ0n) is 20.2. The highest BCUT2D eigenvalue weighted by Gasteiger charge is 2.26. The summed E-state index contributed by atoms with van der Waals surface area (Å²) < 4.78 is 29.3. The van der Waals surface area contributed by atoms with Gasteiger partial charge in [0.15, 0.2) is 16.6 Å². The van der Waals surface area contributed by atoms with Gasteiger partial charge in [0.1, 0.15) is 17.0 Å². The second-order valence-electron chi connectivity index (χ2n) is 7.37. The summed E-state index contributed by atoms with van der Waals surface area (Å²) in [6.07, 6.45) is 1.58. The lowest BCUT2D eigenvalue weighted by atomic mass is 10.1. The van der Waals surface area contributed by atoms with Crippen LogP contribution in [0.3, 0.4) is 0 Å². The minimum atomic E-state index is -0.274. The molecule has 2 aromatic heterocycles. The number of carbonyl (C=O) groups excluding carboxylic acids is 1. The number of thiazole rings is 1. The normalized spacial score (nSPS) is 10.9. The predicted octanol–water partition coefficient (Wildman–Crippen LogP) is 5.94. The van der Waals surface area contributed by atoms with Gasteiger partial charge in [0.2, 0.25) is 5.75 Å². The van der Waals surface area contributed by atoms with E-state index in [4.69, 9.17) is 28.3 Å². The Bertz CT molecular complexity index is 1260. The number of carbonyl (C=O) groups is 1. The monoisotopic (exact) mass is 496 g/mol. The van der Waals surface area contributed by atoms with Gasteiger partial charge in [-0.3, -0.25) is 9.69 Å². The Balaban J connectivity index is 1.81. The summed E-state index contributed by atoms with van der Waals surface area (Å²) in [7, 11) is 1.60. The summed E-state index contributed by atoms with van der Waals surface area (Å²) in [5.41, 5.74) is 1.09. The number of nitrogens with zero attached hydrogens (tertiary/aromatic N) is 2. The van der Waals surface area contributed by atoms with Crippen molar-refractivity contribution in [2.75, 3.05) is 31.8 Å². The standard InChI is InChI=1S/C26H28N2O6S/c1-5-31-20-14-17(15-21(32-6-2)24(20)33-7-3)25(29)28(16-18-10-9-13-34-18)26-27-23-19(30-4)11-8-12-22(23)35-26/h8-15H,5-7,16H2,1-4H3. The van der Waals surface area contributed by atoms with Gasteiger partial charge in [-0.1, -0.05) is 17.4 Å². The van der Waals surface area contributed by atoms with E-state index in [0.29, 0.717) is 64.8 Å². The molecule has 2 aromatic carbocycles. The van der Waals surface area contributed by atoms with Gasteiger partial charge in [0.05, 0.1) is 44.4 Å². The maximum Gasteiger partial charge on any atom is 0.260 e. The Morgan fingerprint density at radius 1 is 0.971 bits per heavy atom. The number of rotatable bonds is 11. The maximum atomic E-state index is 14.0. The van der Waals surface area contributed by atoms with Gasteiger partial charge in [-0.25, -0.2) is 4.98 Å². The van der Waals surface area contributed by atoms with Crippen LogP contribution in [0.15, 0.2) is 53.1 Å². The lowest BCUT2D eigenvalue weighted by molar-refractivity contribution is 0.0982. The van der Waals surface area contributed by atoms with Gasteiger partial charge < -0.3 is 23.4 Å². The zero-order chi connectivity index (χ0) is 24.8. The van der Waals surface area contributed by atoms with E-state index in [-0.39, 0.29) is 12.5 Å². The van der Waals surface area contributed by atoms with E-state index in [9.17, 15) is 4.79 Å². The van der Waals surface area contributed by atoms with Crippen LogP contribution in [0, 0.1) is 0 Å². The molecule has 35 heavy (non-hydrogen) atoms. The summed E-state index contributed by atoms with van der Waals surface area (Å²) in [6, 6.07) is 12.7. The second kappa shape index (κ2) is 11.1. The van der Waals surface area contributed by atoms with Crippen molar-refractivity contribution in [3.63, 3.8) is 0 Å². The van der Waals surface area contributed by atoms with Crippen molar-refractivity contribution in [3.8, 4) is 23.0 Å². The molecule has 4 rings (SSSR count). The first kappa shape index (κ1) is 24.4. The van der Waals surface area contributed by atoms with E-state index in [1.165, 1.54) is 11.3 Å². The lowest BCUT2D eigenvalue weighted by Gasteiger charge is -2.21. The maximum absolute atomic E-state index is 14.0. The Hall–Kier alpha value is -3.72. The third-order valence-corrected chi connectivity index (χ3v) is 6.16. The number of aromatic nitrogens is 1. The molecule has 0 aliphatic heterocycles. The Morgan fingerprint density at radius 3 is 2.29 bits per heavy atom. The van der Waals surface area contributed by atoms with Crippen LogP contribution in [-0.4, -0.2) is 37.8 Å². The fourth-order valence-electron chi connectivity index (χ4n) is 3.64. The van der Waals surface area contributed by atoms with Crippen molar-refractivity contribution < 1.29 is 28.2 Å². The molecule has 0 N–H and O–H groups in total. The number of para-hydroxylation sites is 1. The van der Waals surface area contributed by atoms with Crippen LogP contribution in [0.25, 0.3) is 10.2 Å². The quantitative estimate of drug-likeness (QED) is 0.254. The number of fused-ring (bicyclic) bond motifs is 1. The average Bonchev–Trinajstić information content (AvgIpc) is 3.53. The average molecular weight is 497 g/mol. The summed E-state index contributed by atoms with van der Waals surface area (Å²) in [5.74, 6) is 2.39. The highest BCUT2D eigenvalue weighted by Crippen LogP contribution is 2.41. The Morgan fingerprint density at radius 2 is 1.69 bits per heavy atom. The van der Waals surface area contributed by atoms with Crippen LogP contribution < -0.4 is 23.8 Å². The molecule has 4 aromatic rings. The van der Waals surface area contributed by atoms with Crippen molar-refractivity contribution >= 4 is 32.6 Å². The number of hydrogen-bond donors (Lipinski definition) is 0. The first-order valence-electron chi connectivity index (χ1n) is 11.4. The van der Waals surface area contributed by atoms with Gasteiger partial charge in [0, 0.05) is 5.56 Å². The Kier molecular flexibility index (Phi) is 7.77. The SMILES string of the molecule is CCOc1cc(C(=O)N(Cc2ccco2)c2nc3c(OC)cccc3s2)cc(OCC)c1OCC. The number of methoxy groups -OCH3 is 1. The minimum absolute atomic E-state index is 0.203. The number of hydrogen-bond acceptors (Lipinski definition) is 8. The van der Waals surface area contributed by atoms with Crippen LogP contribution in [0.5, 0.6) is 23.0 Å². The molecule has 1 amide bonds. The van der Waals surface area contributed by atoms with Crippen LogP contribution in [-0.2, 0) is 6.54 Å². The Labute approximate surface area is 208 Å². The molecule has 0 unspecified atom stereocenters. The largest absolute Gasteiger partial charge is 0.494 e. The number of furan rings is 1. The molecule has 2 heterocycles. The summed E-state index contributed by atoms with van der Waals surface area (Å²) in [4.78, 5) is 20.3. The molecular weight excluding hydrogens is 468 g/mol. The van der Waals surface area contributed by atoms with Crippen molar-refractivity contribution in [2.24, 2.45) is 0 Å². The molecular formula is C26H28N2O6S. The van der Waals surface area contributed by atoms with E-state index in [2.05, 4.69) is 0 Å². The third kappa shape index (κ3) is 5.19. The lowest BCUT2D eigenvalue weighted by Crippen LogP contribution is -2.30. The van der Waals surface area contributed by atoms with Crippen LogP contribution in [0.1, 0.15) is 36.9 Å². The van der Waals surface area contributed by atoms with E-state index in [1.807, 2.05) is 45.0 Å². The second-order valence-corrected chi connectivity index (χ2v) is 8.38. The topological polar surface area (TPSA) is 83.3 Å². The van der Waals surface area contributed by atoms with Crippen molar-refractivity contribution in [3.05, 3.63) is 60.1 Å². The molecule has 8 nitrogen and oxygen atoms in total. The smallest absolute Gasteiger partial charge is 0.260 e.